The van der Waals surface area contributed by atoms with E-state index in [0.29, 0.717) is 5.92 Å². The van der Waals surface area contributed by atoms with Crippen LogP contribution < -0.4 is 4.87 Å². The summed E-state index contributed by atoms with van der Waals surface area (Å²) in [7, 11) is 0. The quantitative estimate of drug-likeness (QED) is 0.755. The van der Waals surface area contributed by atoms with E-state index in [-0.39, 0.29) is 4.87 Å². The first kappa shape index (κ1) is 8.44. The number of H-pyrrole nitrogens is 1. The number of aromatic nitrogens is 2. The summed E-state index contributed by atoms with van der Waals surface area (Å²) in [5.74, 6) is 0.413. The predicted molar refractivity (Wildman–Crippen MR) is 54.3 cm³/mol. The van der Waals surface area contributed by atoms with E-state index in [0.717, 1.165) is 27.2 Å². The fourth-order valence-corrected chi connectivity index (χ4v) is 2.07. The molecule has 2 aromatic heterocycles. The van der Waals surface area contributed by atoms with Gasteiger partial charge < -0.3 is 4.98 Å². The molecule has 0 saturated carbocycles. The Morgan fingerprint density at radius 2 is 2.31 bits per heavy atom. The number of rotatable bonds is 1. The summed E-state index contributed by atoms with van der Waals surface area (Å²) >= 11 is 1.16. The molecular weight excluding hydrogens is 184 g/mol. The number of nitrogens with one attached hydrogen (secondary N) is 1. The number of thiazole rings is 1. The van der Waals surface area contributed by atoms with E-state index in [1.165, 1.54) is 0 Å². The number of aromatic amines is 1. The molecule has 0 radical (unpaired) electrons. The van der Waals surface area contributed by atoms with Gasteiger partial charge in [-0.3, -0.25) is 4.79 Å². The molecule has 0 spiro atoms. The molecule has 0 atom stereocenters. The normalized spacial score (nSPS) is 11.3. The highest BCUT2D eigenvalue weighted by molar-refractivity contribution is 7.15. The molecule has 68 valence electrons. The van der Waals surface area contributed by atoms with E-state index in [2.05, 4.69) is 23.8 Å². The van der Waals surface area contributed by atoms with Crippen molar-refractivity contribution in [1.29, 1.82) is 0 Å². The number of hydrogen-bond acceptors (Lipinski definition) is 3. The first-order valence-electron chi connectivity index (χ1n) is 4.16. The van der Waals surface area contributed by atoms with Gasteiger partial charge in [0.15, 0.2) is 0 Å². The molecule has 0 aliphatic rings. The monoisotopic (exact) mass is 194 g/mol. The molecule has 3 nitrogen and oxygen atoms in total. The largest absolute Gasteiger partial charge is 0.311 e. The summed E-state index contributed by atoms with van der Waals surface area (Å²) < 4.78 is 0. The van der Waals surface area contributed by atoms with Crippen molar-refractivity contribution < 1.29 is 0 Å². The molecule has 0 saturated heterocycles. The van der Waals surface area contributed by atoms with Gasteiger partial charge in [0.2, 0.25) is 0 Å². The van der Waals surface area contributed by atoms with Crippen molar-refractivity contribution in [2.75, 3.05) is 0 Å². The van der Waals surface area contributed by atoms with Gasteiger partial charge in [-0.05, 0) is 17.5 Å². The number of fused-ring (bicyclic) bond motifs is 1. The van der Waals surface area contributed by atoms with E-state index in [1.54, 1.807) is 6.20 Å². The van der Waals surface area contributed by atoms with Crippen molar-refractivity contribution in [3.8, 4) is 0 Å². The Hall–Kier alpha value is -1.16. The summed E-state index contributed by atoms with van der Waals surface area (Å²) in [6.45, 7) is 4.20. The van der Waals surface area contributed by atoms with E-state index >= 15 is 0 Å². The van der Waals surface area contributed by atoms with Crippen molar-refractivity contribution in [3.05, 3.63) is 27.5 Å². The molecule has 2 heterocycles. The van der Waals surface area contributed by atoms with Gasteiger partial charge in [0.25, 0.3) is 0 Å². The smallest absolute Gasteiger partial charge is 0.307 e. The Kier molecular flexibility index (Phi) is 1.92. The lowest BCUT2D eigenvalue weighted by Gasteiger charge is -2.04. The third kappa shape index (κ3) is 1.37. The summed E-state index contributed by atoms with van der Waals surface area (Å²) in [6.07, 6.45) is 1.75. The van der Waals surface area contributed by atoms with E-state index in [9.17, 15) is 4.79 Å². The first-order valence-corrected chi connectivity index (χ1v) is 4.98. The topological polar surface area (TPSA) is 45.8 Å². The standard InChI is InChI=1S/C9H10N2OS/c1-5(2)6-3-4-10-8-7(6)11-9(12)13-8/h3-5H,1-2H3,(H,11,12). The lowest BCUT2D eigenvalue weighted by atomic mass is 10.0. The second-order valence-corrected chi connectivity index (χ2v) is 4.21. The third-order valence-electron chi connectivity index (χ3n) is 1.99. The molecule has 1 N–H and O–H groups in total. The second kappa shape index (κ2) is 2.96. The molecule has 4 heteroatoms. The van der Waals surface area contributed by atoms with Gasteiger partial charge in [0.05, 0.1) is 5.52 Å². The molecule has 0 aromatic carbocycles. The fraction of sp³-hybridized carbons (Fsp3) is 0.333. The van der Waals surface area contributed by atoms with E-state index < -0.39 is 0 Å². The number of hydrogen-bond donors (Lipinski definition) is 1. The van der Waals surface area contributed by atoms with Crippen LogP contribution in [0.5, 0.6) is 0 Å². The van der Waals surface area contributed by atoms with Crippen LogP contribution in [-0.2, 0) is 0 Å². The molecule has 13 heavy (non-hydrogen) atoms. The van der Waals surface area contributed by atoms with Crippen LogP contribution in [0.2, 0.25) is 0 Å². The fourth-order valence-electron chi connectivity index (χ4n) is 1.36. The van der Waals surface area contributed by atoms with Crippen molar-refractivity contribution in [1.82, 2.24) is 9.97 Å². The summed E-state index contributed by atoms with van der Waals surface area (Å²) in [6, 6.07) is 1.95. The van der Waals surface area contributed by atoms with Crippen molar-refractivity contribution in [2.45, 2.75) is 19.8 Å². The van der Waals surface area contributed by atoms with Gasteiger partial charge in [-0.25, -0.2) is 4.98 Å². The Labute approximate surface area is 79.4 Å². The molecule has 2 aromatic rings. The van der Waals surface area contributed by atoms with Crippen LogP contribution in [0, 0.1) is 0 Å². The maximum atomic E-state index is 11.1. The minimum Gasteiger partial charge on any atom is -0.311 e. The molecule has 2 rings (SSSR count). The van der Waals surface area contributed by atoms with Crippen molar-refractivity contribution >= 4 is 21.7 Å². The zero-order valence-electron chi connectivity index (χ0n) is 7.50. The molecule has 0 amide bonds. The molecule has 0 aliphatic heterocycles. The maximum Gasteiger partial charge on any atom is 0.307 e. The highest BCUT2D eigenvalue weighted by Gasteiger charge is 2.08. The van der Waals surface area contributed by atoms with Crippen LogP contribution in [0.1, 0.15) is 25.3 Å². The Bertz CT molecular complexity index is 484. The lowest BCUT2D eigenvalue weighted by molar-refractivity contribution is 0.871. The predicted octanol–water partition coefficient (Wildman–Crippen LogP) is 2.11. The molecule has 0 bridgehead atoms. The second-order valence-electron chi connectivity index (χ2n) is 3.25. The average molecular weight is 194 g/mol. The van der Waals surface area contributed by atoms with Crippen LogP contribution in [-0.4, -0.2) is 9.97 Å². The zero-order chi connectivity index (χ0) is 9.42. The Morgan fingerprint density at radius 1 is 1.54 bits per heavy atom. The van der Waals surface area contributed by atoms with E-state index in [1.807, 2.05) is 6.07 Å². The van der Waals surface area contributed by atoms with Crippen molar-refractivity contribution in [3.63, 3.8) is 0 Å². The van der Waals surface area contributed by atoms with Gasteiger partial charge in [-0.15, -0.1) is 0 Å². The summed E-state index contributed by atoms with van der Waals surface area (Å²) in [5.41, 5.74) is 2.05. The van der Waals surface area contributed by atoms with Gasteiger partial charge in [0.1, 0.15) is 4.83 Å². The summed E-state index contributed by atoms with van der Waals surface area (Å²) in [4.78, 5) is 18.8. The molecular formula is C9H10N2OS. The van der Waals surface area contributed by atoms with Crippen LogP contribution in [0.3, 0.4) is 0 Å². The lowest BCUT2D eigenvalue weighted by Crippen LogP contribution is -1.94. The summed E-state index contributed by atoms with van der Waals surface area (Å²) in [5, 5.41) is 0. The third-order valence-corrected chi connectivity index (χ3v) is 2.78. The highest BCUT2D eigenvalue weighted by Crippen LogP contribution is 2.22. The minimum atomic E-state index is -0.0319. The number of pyridine rings is 1. The van der Waals surface area contributed by atoms with E-state index in [4.69, 9.17) is 0 Å². The van der Waals surface area contributed by atoms with Gasteiger partial charge in [-0.1, -0.05) is 25.2 Å². The highest BCUT2D eigenvalue weighted by atomic mass is 32.1. The van der Waals surface area contributed by atoms with Gasteiger partial charge in [-0.2, -0.15) is 0 Å². The van der Waals surface area contributed by atoms with Crippen LogP contribution in [0.15, 0.2) is 17.1 Å². The average Bonchev–Trinajstić information content (AvgIpc) is 2.43. The van der Waals surface area contributed by atoms with Gasteiger partial charge >= 0.3 is 4.87 Å². The Morgan fingerprint density at radius 3 is 3.00 bits per heavy atom. The molecule has 0 aliphatic carbocycles. The van der Waals surface area contributed by atoms with Crippen LogP contribution in [0.4, 0.5) is 0 Å². The number of nitrogens with zero attached hydrogens (tertiary/aromatic N) is 1. The zero-order valence-corrected chi connectivity index (χ0v) is 8.31. The van der Waals surface area contributed by atoms with Crippen LogP contribution in [0.25, 0.3) is 10.3 Å². The molecule has 0 fully saturated rings. The SMILES string of the molecule is CC(C)c1ccnc2sc(=O)[nH]c12. The minimum absolute atomic E-state index is 0.0319. The maximum absolute atomic E-state index is 11.1. The van der Waals surface area contributed by atoms with Crippen LogP contribution >= 0.6 is 11.3 Å². The Balaban J connectivity index is 2.82. The molecule has 0 unspecified atom stereocenters. The van der Waals surface area contributed by atoms with Gasteiger partial charge in [0, 0.05) is 6.20 Å². The first-order chi connectivity index (χ1) is 6.18. The van der Waals surface area contributed by atoms with Crippen molar-refractivity contribution in [2.24, 2.45) is 0 Å².